The monoisotopic (exact) mass is 203 g/mol. The fourth-order valence-corrected chi connectivity index (χ4v) is 1.04. The average Bonchev–Trinajstić information content (AvgIpc) is 2.22. The van der Waals surface area contributed by atoms with Crippen LogP contribution < -0.4 is 10.6 Å². The lowest BCUT2D eigenvalue weighted by molar-refractivity contribution is 0.252. The molecule has 0 aliphatic heterocycles. The van der Waals surface area contributed by atoms with Crippen molar-refractivity contribution in [3.8, 4) is 6.07 Å². The summed E-state index contributed by atoms with van der Waals surface area (Å²) in [6, 6.07) is 9.18. The van der Waals surface area contributed by atoms with Crippen molar-refractivity contribution in [2.24, 2.45) is 0 Å². The number of nitrogens with zero attached hydrogens (tertiary/aromatic N) is 1. The number of hydrogen-bond acceptors (Lipinski definition) is 2. The van der Waals surface area contributed by atoms with Gasteiger partial charge in [-0.25, -0.2) is 4.79 Å². The number of benzene rings is 1. The molecule has 0 fully saturated rings. The van der Waals surface area contributed by atoms with Crippen LogP contribution in [0.2, 0.25) is 0 Å². The maximum atomic E-state index is 11.2. The van der Waals surface area contributed by atoms with E-state index in [0.29, 0.717) is 13.0 Å². The number of rotatable bonds is 3. The molecule has 0 saturated heterocycles. The maximum Gasteiger partial charge on any atom is 0.319 e. The fourth-order valence-electron chi connectivity index (χ4n) is 1.04. The zero-order chi connectivity index (χ0) is 11.1. The third-order valence-corrected chi connectivity index (χ3v) is 1.83. The third-order valence-electron chi connectivity index (χ3n) is 1.83. The van der Waals surface area contributed by atoms with Gasteiger partial charge in [-0.15, -0.1) is 0 Å². The molecule has 0 radical (unpaired) electrons. The van der Waals surface area contributed by atoms with Gasteiger partial charge in [0, 0.05) is 12.2 Å². The topological polar surface area (TPSA) is 64.9 Å². The highest BCUT2D eigenvalue weighted by atomic mass is 16.2. The van der Waals surface area contributed by atoms with Crippen molar-refractivity contribution < 1.29 is 4.79 Å². The molecule has 1 aromatic rings. The number of carbonyl (C=O) groups excluding carboxylic acids is 1. The summed E-state index contributed by atoms with van der Waals surface area (Å²) < 4.78 is 0. The number of nitrogens with one attached hydrogen (secondary N) is 2. The first-order valence-electron chi connectivity index (χ1n) is 4.71. The summed E-state index contributed by atoms with van der Waals surface area (Å²) in [7, 11) is 0. The number of anilines is 1. The summed E-state index contributed by atoms with van der Waals surface area (Å²) in [6.07, 6.45) is 0.321. The first-order chi connectivity index (χ1) is 7.22. The van der Waals surface area contributed by atoms with Crippen LogP contribution >= 0.6 is 0 Å². The first kappa shape index (κ1) is 11.1. The van der Waals surface area contributed by atoms with Gasteiger partial charge in [-0.1, -0.05) is 17.7 Å². The molecule has 0 heterocycles. The lowest BCUT2D eigenvalue weighted by Gasteiger charge is -2.05. The molecule has 2 amide bonds. The van der Waals surface area contributed by atoms with E-state index in [4.69, 9.17) is 5.26 Å². The molecule has 4 nitrogen and oxygen atoms in total. The quantitative estimate of drug-likeness (QED) is 0.738. The summed E-state index contributed by atoms with van der Waals surface area (Å²) >= 11 is 0. The van der Waals surface area contributed by atoms with Crippen LogP contribution in [0.15, 0.2) is 24.3 Å². The van der Waals surface area contributed by atoms with Gasteiger partial charge in [0.25, 0.3) is 0 Å². The van der Waals surface area contributed by atoms with E-state index in [2.05, 4.69) is 10.6 Å². The van der Waals surface area contributed by atoms with E-state index in [1.54, 1.807) is 0 Å². The zero-order valence-electron chi connectivity index (χ0n) is 8.58. The molecule has 0 aliphatic carbocycles. The SMILES string of the molecule is Cc1ccc(NC(=O)NCCC#N)cc1. The number of amides is 2. The minimum Gasteiger partial charge on any atom is -0.337 e. The van der Waals surface area contributed by atoms with Crippen LogP contribution in [0.4, 0.5) is 10.5 Å². The lowest BCUT2D eigenvalue weighted by atomic mass is 10.2. The minimum atomic E-state index is -0.283. The average molecular weight is 203 g/mol. The molecule has 1 aromatic carbocycles. The van der Waals surface area contributed by atoms with Crippen molar-refractivity contribution >= 4 is 11.7 Å². The molecular weight excluding hydrogens is 190 g/mol. The van der Waals surface area contributed by atoms with Crippen LogP contribution in [0.1, 0.15) is 12.0 Å². The minimum absolute atomic E-state index is 0.283. The van der Waals surface area contributed by atoms with E-state index in [-0.39, 0.29) is 6.03 Å². The molecule has 0 spiro atoms. The number of urea groups is 1. The molecule has 0 saturated carbocycles. The van der Waals surface area contributed by atoms with Gasteiger partial charge >= 0.3 is 6.03 Å². The first-order valence-corrected chi connectivity index (χ1v) is 4.71. The Morgan fingerprint density at radius 1 is 1.40 bits per heavy atom. The van der Waals surface area contributed by atoms with Gasteiger partial charge in [0.05, 0.1) is 12.5 Å². The second-order valence-electron chi connectivity index (χ2n) is 3.16. The van der Waals surface area contributed by atoms with Crippen LogP contribution in [-0.2, 0) is 0 Å². The predicted molar refractivity (Wildman–Crippen MR) is 58.4 cm³/mol. The summed E-state index contributed by atoms with van der Waals surface area (Å²) in [4.78, 5) is 11.2. The number of nitriles is 1. The Labute approximate surface area is 88.9 Å². The largest absolute Gasteiger partial charge is 0.337 e. The van der Waals surface area contributed by atoms with Crippen molar-refractivity contribution in [1.82, 2.24) is 5.32 Å². The van der Waals surface area contributed by atoms with Gasteiger partial charge < -0.3 is 10.6 Å². The summed E-state index contributed by atoms with van der Waals surface area (Å²) in [6.45, 7) is 2.35. The molecule has 78 valence electrons. The van der Waals surface area contributed by atoms with Crippen molar-refractivity contribution in [3.63, 3.8) is 0 Å². The Morgan fingerprint density at radius 2 is 2.07 bits per heavy atom. The maximum absolute atomic E-state index is 11.2. The standard InChI is InChI=1S/C11H13N3O/c1-9-3-5-10(6-4-9)14-11(15)13-8-2-7-12/h3-6H,2,8H2,1H3,(H2,13,14,15). The van der Waals surface area contributed by atoms with Crippen molar-refractivity contribution in [3.05, 3.63) is 29.8 Å². The number of hydrogen-bond donors (Lipinski definition) is 2. The van der Waals surface area contributed by atoms with Crippen molar-refractivity contribution in [2.45, 2.75) is 13.3 Å². The second kappa shape index (κ2) is 5.66. The van der Waals surface area contributed by atoms with Crippen LogP contribution in [0, 0.1) is 18.3 Å². The van der Waals surface area contributed by atoms with Crippen LogP contribution in [-0.4, -0.2) is 12.6 Å². The van der Waals surface area contributed by atoms with Crippen LogP contribution in [0.3, 0.4) is 0 Å². The Kier molecular flexibility index (Phi) is 4.17. The molecule has 2 N–H and O–H groups in total. The highest BCUT2D eigenvalue weighted by Gasteiger charge is 1.99. The van der Waals surface area contributed by atoms with Crippen LogP contribution in [0.25, 0.3) is 0 Å². The van der Waals surface area contributed by atoms with E-state index in [0.717, 1.165) is 11.3 Å². The van der Waals surface area contributed by atoms with Gasteiger partial charge in [-0.2, -0.15) is 5.26 Å². The Bertz CT molecular complexity index is 364. The highest BCUT2D eigenvalue weighted by Crippen LogP contribution is 2.07. The van der Waals surface area contributed by atoms with Gasteiger partial charge in [0.2, 0.25) is 0 Å². The van der Waals surface area contributed by atoms with E-state index in [9.17, 15) is 4.79 Å². The van der Waals surface area contributed by atoms with Crippen LogP contribution in [0.5, 0.6) is 0 Å². The molecule has 0 aromatic heterocycles. The number of aryl methyl sites for hydroxylation is 1. The predicted octanol–water partition coefficient (Wildman–Crippen LogP) is 2.03. The van der Waals surface area contributed by atoms with Gasteiger partial charge in [-0.05, 0) is 19.1 Å². The molecule has 0 aliphatic rings. The van der Waals surface area contributed by atoms with E-state index < -0.39 is 0 Å². The summed E-state index contributed by atoms with van der Waals surface area (Å²) in [5, 5.41) is 13.5. The molecular formula is C11H13N3O. The number of carbonyl (C=O) groups is 1. The molecule has 15 heavy (non-hydrogen) atoms. The Hall–Kier alpha value is -2.02. The lowest BCUT2D eigenvalue weighted by Crippen LogP contribution is -2.29. The Balaban J connectivity index is 2.38. The van der Waals surface area contributed by atoms with Crippen molar-refractivity contribution in [1.29, 1.82) is 5.26 Å². The van der Waals surface area contributed by atoms with Gasteiger partial charge in [0.15, 0.2) is 0 Å². The summed E-state index contributed by atoms with van der Waals surface area (Å²) in [5.41, 5.74) is 1.89. The fraction of sp³-hybridized carbons (Fsp3) is 0.273. The van der Waals surface area contributed by atoms with Gasteiger partial charge in [0.1, 0.15) is 0 Å². The molecule has 0 unspecified atom stereocenters. The van der Waals surface area contributed by atoms with E-state index in [1.807, 2.05) is 37.3 Å². The highest BCUT2D eigenvalue weighted by molar-refractivity contribution is 5.89. The third kappa shape index (κ3) is 4.14. The molecule has 4 heteroatoms. The molecule has 0 atom stereocenters. The molecule has 1 rings (SSSR count). The van der Waals surface area contributed by atoms with E-state index in [1.165, 1.54) is 0 Å². The zero-order valence-corrected chi connectivity index (χ0v) is 8.58. The van der Waals surface area contributed by atoms with Gasteiger partial charge in [-0.3, -0.25) is 0 Å². The smallest absolute Gasteiger partial charge is 0.319 e. The molecule has 0 bridgehead atoms. The second-order valence-corrected chi connectivity index (χ2v) is 3.16. The summed E-state index contributed by atoms with van der Waals surface area (Å²) in [5.74, 6) is 0. The van der Waals surface area contributed by atoms with E-state index >= 15 is 0 Å². The Morgan fingerprint density at radius 3 is 2.67 bits per heavy atom. The van der Waals surface area contributed by atoms with Crippen molar-refractivity contribution in [2.75, 3.05) is 11.9 Å². The normalized spacial score (nSPS) is 9.07.